The van der Waals surface area contributed by atoms with Crippen molar-refractivity contribution in [3.05, 3.63) is 10.6 Å². The molecule has 1 aromatic rings. The number of hydrogen-bond donors (Lipinski definition) is 1. The predicted molar refractivity (Wildman–Crippen MR) is 83.7 cm³/mol. The lowest BCUT2D eigenvalue weighted by Gasteiger charge is -2.33. The second-order valence-electron chi connectivity index (χ2n) is 6.40. The smallest absolute Gasteiger partial charge is 0.225 e. The van der Waals surface area contributed by atoms with E-state index in [0.717, 1.165) is 42.9 Å². The van der Waals surface area contributed by atoms with Crippen molar-refractivity contribution in [3.63, 3.8) is 0 Å². The number of H-pyrrole nitrogens is 1. The largest absolute Gasteiger partial charge is 0.342 e. The van der Waals surface area contributed by atoms with Crippen molar-refractivity contribution in [2.24, 2.45) is 5.92 Å². The number of likely N-dealkylation sites (tertiary alicyclic amines) is 1. The van der Waals surface area contributed by atoms with E-state index in [0.29, 0.717) is 17.9 Å². The Balaban J connectivity index is 1.66. The summed E-state index contributed by atoms with van der Waals surface area (Å²) in [5.41, 5.74) is 0. The van der Waals surface area contributed by atoms with Crippen molar-refractivity contribution >= 4 is 18.1 Å². The second-order valence-corrected chi connectivity index (χ2v) is 6.78. The standard InChI is InChI=1S/C15H24N4OS/c1-3-10(2)14(20)18-8-6-11(7-9-18)13-16-17-15(21)19(13)12-4-5-12/h10-12H,3-9H2,1-2H3,(H,17,21)/t10-/m0/s1. The van der Waals surface area contributed by atoms with Gasteiger partial charge in [0, 0.05) is 31.0 Å². The number of nitrogens with one attached hydrogen (secondary N) is 1. The van der Waals surface area contributed by atoms with Gasteiger partial charge >= 0.3 is 0 Å². The van der Waals surface area contributed by atoms with Gasteiger partial charge in [-0.05, 0) is 44.3 Å². The van der Waals surface area contributed by atoms with E-state index in [1.807, 2.05) is 11.8 Å². The summed E-state index contributed by atoms with van der Waals surface area (Å²) in [6.45, 7) is 5.78. The molecule has 1 aliphatic carbocycles. The van der Waals surface area contributed by atoms with E-state index in [4.69, 9.17) is 12.2 Å². The molecule has 0 aromatic carbocycles. The summed E-state index contributed by atoms with van der Waals surface area (Å²) in [6, 6.07) is 0.561. The zero-order valence-electron chi connectivity index (χ0n) is 12.8. The van der Waals surface area contributed by atoms with Gasteiger partial charge in [-0.25, -0.2) is 0 Å². The number of rotatable bonds is 4. The van der Waals surface area contributed by atoms with Crippen molar-refractivity contribution in [2.75, 3.05) is 13.1 Å². The molecule has 2 heterocycles. The molecule has 0 spiro atoms. The Hall–Kier alpha value is -1.17. The minimum absolute atomic E-state index is 0.141. The zero-order chi connectivity index (χ0) is 15.0. The van der Waals surface area contributed by atoms with E-state index in [-0.39, 0.29) is 5.92 Å². The molecule has 1 N–H and O–H groups in total. The third-order valence-corrected chi connectivity index (χ3v) is 5.14. The first-order valence-corrected chi connectivity index (χ1v) is 8.48. The quantitative estimate of drug-likeness (QED) is 0.870. The van der Waals surface area contributed by atoms with Crippen LogP contribution in [0.25, 0.3) is 0 Å². The highest BCUT2D eigenvalue weighted by Crippen LogP contribution is 2.39. The highest BCUT2D eigenvalue weighted by molar-refractivity contribution is 7.71. The monoisotopic (exact) mass is 308 g/mol. The number of aromatic amines is 1. The van der Waals surface area contributed by atoms with E-state index in [2.05, 4.69) is 21.7 Å². The topological polar surface area (TPSA) is 53.9 Å². The van der Waals surface area contributed by atoms with Crippen LogP contribution >= 0.6 is 12.2 Å². The number of carbonyl (C=O) groups is 1. The highest BCUT2D eigenvalue weighted by Gasteiger charge is 2.33. The Morgan fingerprint density at radius 1 is 1.38 bits per heavy atom. The molecule has 116 valence electrons. The molecule has 2 aliphatic rings. The summed E-state index contributed by atoms with van der Waals surface area (Å²) in [5, 5.41) is 7.42. The number of amides is 1. The van der Waals surface area contributed by atoms with Crippen molar-refractivity contribution in [2.45, 2.75) is 57.9 Å². The minimum atomic E-state index is 0.141. The fourth-order valence-corrected chi connectivity index (χ4v) is 3.42. The van der Waals surface area contributed by atoms with Crippen LogP contribution in [0.3, 0.4) is 0 Å². The number of piperidine rings is 1. The Labute approximate surface area is 130 Å². The van der Waals surface area contributed by atoms with Gasteiger partial charge in [-0.3, -0.25) is 9.89 Å². The molecular formula is C15H24N4OS. The van der Waals surface area contributed by atoms with Crippen LogP contribution in [-0.2, 0) is 4.79 Å². The average molecular weight is 308 g/mol. The molecule has 2 fully saturated rings. The summed E-state index contributed by atoms with van der Waals surface area (Å²) in [6.07, 6.45) is 5.33. The van der Waals surface area contributed by atoms with Crippen molar-refractivity contribution < 1.29 is 4.79 Å². The van der Waals surface area contributed by atoms with Crippen LogP contribution in [0.5, 0.6) is 0 Å². The fraction of sp³-hybridized carbons (Fsp3) is 0.800. The Morgan fingerprint density at radius 3 is 2.62 bits per heavy atom. The van der Waals surface area contributed by atoms with Crippen LogP contribution in [-0.4, -0.2) is 38.7 Å². The van der Waals surface area contributed by atoms with Gasteiger partial charge in [-0.1, -0.05) is 13.8 Å². The van der Waals surface area contributed by atoms with E-state index < -0.39 is 0 Å². The first-order chi connectivity index (χ1) is 10.1. The van der Waals surface area contributed by atoms with Crippen LogP contribution in [0, 0.1) is 10.7 Å². The van der Waals surface area contributed by atoms with Gasteiger partial charge in [0.1, 0.15) is 5.82 Å². The third kappa shape index (κ3) is 2.91. The molecule has 21 heavy (non-hydrogen) atoms. The molecule has 6 heteroatoms. The highest BCUT2D eigenvalue weighted by atomic mass is 32.1. The van der Waals surface area contributed by atoms with E-state index in [1.165, 1.54) is 12.8 Å². The molecular weight excluding hydrogens is 284 g/mol. The van der Waals surface area contributed by atoms with E-state index >= 15 is 0 Å². The first kappa shape index (κ1) is 14.8. The normalized spacial score (nSPS) is 21.5. The molecule has 0 unspecified atom stereocenters. The van der Waals surface area contributed by atoms with Crippen LogP contribution < -0.4 is 0 Å². The summed E-state index contributed by atoms with van der Waals surface area (Å²) < 4.78 is 2.97. The maximum Gasteiger partial charge on any atom is 0.225 e. The van der Waals surface area contributed by atoms with Gasteiger partial charge < -0.3 is 9.47 Å². The second kappa shape index (κ2) is 5.91. The molecule has 1 saturated heterocycles. The Bertz CT molecular complexity index is 566. The summed E-state index contributed by atoms with van der Waals surface area (Å²) in [4.78, 5) is 14.3. The number of nitrogens with zero attached hydrogens (tertiary/aromatic N) is 3. The summed E-state index contributed by atoms with van der Waals surface area (Å²) in [7, 11) is 0. The molecule has 1 aliphatic heterocycles. The SMILES string of the molecule is CC[C@H](C)C(=O)N1CCC(c2n[nH]c(=S)n2C2CC2)CC1. The van der Waals surface area contributed by atoms with E-state index in [9.17, 15) is 4.79 Å². The maximum atomic E-state index is 12.2. The minimum Gasteiger partial charge on any atom is -0.342 e. The first-order valence-electron chi connectivity index (χ1n) is 8.07. The van der Waals surface area contributed by atoms with E-state index in [1.54, 1.807) is 0 Å². The van der Waals surface area contributed by atoms with Gasteiger partial charge in [0.25, 0.3) is 0 Å². The number of hydrogen-bond acceptors (Lipinski definition) is 3. The molecule has 0 radical (unpaired) electrons. The van der Waals surface area contributed by atoms with Crippen molar-refractivity contribution in [3.8, 4) is 0 Å². The Kier molecular flexibility index (Phi) is 4.15. The lowest BCUT2D eigenvalue weighted by Crippen LogP contribution is -2.41. The lowest BCUT2D eigenvalue weighted by molar-refractivity contribution is -0.136. The summed E-state index contributed by atoms with van der Waals surface area (Å²) >= 11 is 5.35. The lowest BCUT2D eigenvalue weighted by atomic mass is 9.94. The van der Waals surface area contributed by atoms with Gasteiger partial charge in [0.05, 0.1) is 0 Å². The molecule has 1 saturated carbocycles. The van der Waals surface area contributed by atoms with Crippen LogP contribution in [0.15, 0.2) is 0 Å². The fourth-order valence-electron chi connectivity index (χ4n) is 3.13. The Morgan fingerprint density at radius 2 is 2.05 bits per heavy atom. The molecule has 1 aromatic heterocycles. The van der Waals surface area contributed by atoms with Crippen LogP contribution in [0.1, 0.15) is 63.7 Å². The molecule has 0 bridgehead atoms. The van der Waals surface area contributed by atoms with Crippen LogP contribution in [0.2, 0.25) is 0 Å². The van der Waals surface area contributed by atoms with Gasteiger partial charge in [0.15, 0.2) is 4.77 Å². The third-order valence-electron chi connectivity index (χ3n) is 4.85. The molecule has 1 amide bonds. The maximum absolute atomic E-state index is 12.2. The predicted octanol–water partition coefficient (Wildman–Crippen LogP) is 3.03. The summed E-state index contributed by atoms with van der Waals surface area (Å²) in [5.74, 6) is 1.98. The zero-order valence-corrected chi connectivity index (χ0v) is 13.7. The molecule has 5 nitrogen and oxygen atoms in total. The van der Waals surface area contributed by atoms with Crippen LogP contribution in [0.4, 0.5) is 0 Å². The van der Waals surface area contributed by atoms with Gasteiger partial charge in [-0.2, -0.15) is 5.10 Å². The van der Waals surface area contributed by atoms with Gasteiger partial charge in [-0.15, -0.1) is 0 Å². The molecule has 3 rings (SSSR count). The van der Waals surface area contributed by atoms with Crippen molar-refractivity contribution in [1.29, 1.82) is 0 Å². The van der Waals surface area contributed by atoms with Crippen molar-refractivity contribution in [1.82, 2.24) is 19.7 Å². The average Bonchev–Trinajstić information content (AvgIpc) is 3.28. The number of aromatic nitrogens is 3. The van der Waals surface area contributed by atoms with Gasteiger partial charge in [0.2, 0.25) is 5.91 Å². The molecule has 1 atom stereocenters. The number of carbonyl (C=O) groups excluding carboxylic acids is 1.